The summed E-state index contributed by atoms with van der Waals surface area (Å²) in [6.07, 6.45) is 1.13. The molecule has 1 saturated heterocycles. The van der Waals surface area contributed by atoms with Gasteiger partial charge in [0.2, 0.25) is 20.0 Å². The van der Waals surface area contributed by atoms with E-state index in [1.54, 1.807) is 0 Å². The summed E-state index contributed by atoms with van der Waals surface area (Å²) in [5.41, 5.74) is 0. The Kier molecular flexibility index (Phi) is 4.15. The van der Waals surface area contributed by atoms with Gasteiger partial charge >= 0.3 is 0 Å². The second kappa shape index (κ2) is 4.66. The Morgan fingerprint density at radius 3 is 1.73 bits per heavy atom. The minimum absolute atomic E-state index is 0.126. The zero-order valence-electron chi connectivity index (χ0n) is 8.26. The van der Waals surface area contributed by atoms with Crippen LogP contribution in [0.3, 0.4) is 0 Å². The highest BCUT2D eigenvalue weighted by Gasteiger charge is 2.29. The number of alkyl halides is 1. The third-order valence-corrected chi connectivity index (χ3v) is 6.66. The van der Waals surface area contributed by atoms with E-state index in [1.165, 1.54) is 8.61 Å². The van der Waals surface area contributed by atoms with Gasteiger partial charge in [-0.2, -0.15) is 8.61 Å². The predicted octanol–water partition coefficient (Wildman–Crippen LogP) is -0.754. The van der Waals surface area contributed by atoms with E-state index >= 15 is 0 Å². The normalized spacial score (nSPS) is 21.7. The average Bonchev–Trinajstić information content (AvgIpc) is 2.17. The number of halogens is 1. The molecule has 0 N–H and O–H groups in total. The molecule has 0 aliphatic carbocycles. The molecule has 0 aromatic heterocycles. The molecule has 1 heterocycles. The summed E-state index contributed by atoms with van der Waals surface area (Å²) in [6, 6.07) is 0. The molecule has 6 nitrogen and oxygen atoms in total. The third kappa shape index (κ3) is 3.38. The molecule has 0 atom stereocenters. The molecule has 0 unspecified atom stereocenters. The van der Waals surface area contributed by atoms with E-state index in [-0.39, 0.29) is 30.8 Å². The Labute approximate surface area is 98.5 Å². The first-order chi connectivity index (χ1) is 6.77. The van der Waals surface area contributed by atoms with Crippen LogP contribution in [0.2, 0.25) is 0 Å². The Hall–Kier alpha value is 0.300. The standard InChI is InChI=1S/C6H13BrN2O4S2/c1-14(10,11)8-2-4-9(5-3-8)15(12,13)6-7/h2-6H2,1H3. The van der Waals surface area contributed by atoms with Crippen molar-refractivity contribution >= 4 is 36.0 Å². The van der Waals surface area contributed by atoms with Crippen LogP contribution in [0.4, 0.5) is 0 Å². The van der Waals surface area contributed by atoms with Crippen molar-refractivity contribution in [1.82, 2.24) is 8.61 Å². The van der Waals surface area contributed by atoms with Gasteiger partial charge in [0.15, 0.2) is 0 Å². The lowest BCUT2D eigenvalue weighted by Crippen LogP contribution is -2.50. The molecule has 1 rings (SSSR count). The maximum atomic E-state index is 11.4. The molecule has 90 valence electrons. The summed E-state index contributed by atoms with van der Waals surface area (Å²) < 4.78 is 47.6. The van der Waals surface area contributed by atoms with Crippen molar-refractivity contribution < 1.29 is 16.8 Å². The number of nitrogens with zero attached hydrogens (tertiary/aromatic N) is 2. The van der Waals surface area contributed by atoms with Crippen LogP contribution in [0.25, 0.3) is 0 Å². The van der Waals surface area contributed by atoms with Crippen LogP contribution >= 0.6 is 15.9 Å². The summed E-state index contributed by atoms with van der Waals surface area (Å²) >= 11 is 2.90. The maximum Gasteiger partial charge on any atom is 0.224 e. The lowest BCUT2D eigenvalue weighted by molar-refractivity contribution is 0.275. The van der Waals surface area contributed by atoms with Gasteiger partial charge in [0, 0.05) is 26.2 Å². The second-order valence-corrected chi connectivity index (χ2v) is 8.54. The lowest BCUT2D eigenvalue weighted by atomic mass is 10.4. The SMILES string of the molecule is CS(=O)(=O)N1CCN(S(=O)(=O)CBr)CC1. The van der Waals surface area contributed by atoms with E-state index in [0.29, 0.717) is 0 Å². The Morgan fingerprint density at radius 1 is 1.00 bits per heavy atom. The van der Waals surface area contributed by atoms with Gasteiger partial charge in [-0.1, -0.05) is 15.9 Å². The van der Waals surface area contributed by atoms with Crippen molar-refractivity contribution in [3.05, 3.63) is 0 Å². The van der Waals surface area contributed by atoms with Crippen molar-refractivity contribution in [1.29, 1.82) is 0 Å². The molecule has 0 spiro atoms. The average molecular weight is 321 g/mol. The highest BCUT2D eigenvalue weighted by Crippen LogP contribution is 2.11. The minimum atomic E-state index is -3.26. The first-order valence-electron chi connectivity index (χ1n) is 4.26. The molecular formula is C6H13BrN2O4S2. The van der Waals surface area contributed by atoms with Gasteiger partial charge < -0.3 is 0 Å². The van der Waals surface area contributed by atoms with Crippen LogP contribution in [0.1, 0.15) is 0 Å². The summed E-state index contributed by atoms with van der Waals surface area (Å²) in [7, 11) is -6.46. The fourth-order valence-electron chi connectivity index (χ4n) is 1.35. The Balaban J connectivity index is 2.65. The highest BCUT2D eigenvalue weighted by atomic mass is 79.9. The van der Waals surface area contributed by atoms with Crippen LogP contribution in [-0.2, 0) is 20.0 Å². The van der Waals surface area contributed by atoms with E-state index in [4.69, 9.17) is 0 Å². The van der Waals surface area contributed by atoms with Gasteiger partial charge in [-0.05, 0) is 0 Å². The number of hydrogen-bond donors (Lipinski definition) is 0. The maximum absolute atomic E-state index is 11.4. The number of sulfonamides is 2. The zero-order valence-corrected chi connectivity index (χ0v) is 11.5. The van der Waals surface area contributed by atoms with E-state index in [2.05, 4.69) is 15.9 Å². The first kappa shape index (κ1) is 13.4. The van der Waals surface area contributed by atoms with Crippen molar-refractivity contribution in [2.24, 2.45) is 0 Å². The van der Waals surface area contributed by atoms with Crippen LogP contribution in [0, 0.1) is 0 Å². The second-order valence-electron chi connectivity index (χ2n) is 3.28. The monoisotopic (exact) mass is 320 g/mol. The smallest absolute Gasteiger partial charge is 0.213 e. The topological polar surface area (TPSA) is 74.8 Å². The van der Waals surface area contributed by atoms with Crippen LogP contribution < -0.4 is 0 Å². The lowest BCUT2D eigenvalue weighted by Gasteiger charge is -2.31. The number of hydrogen-bond acceptors (Lipinski definition) is 4. The fourth-order valence-corrected chi connectivity index (χ4v) is 3.90. The van der Waals surface area contributed by atoms with Crippen molar-refractivity contribution in [3.8, 4) is 0 Å². The molecule has 0 amide bonds. The molecular weight excluding hydrogens is 308 g/mol. The quantitative estimate of drug-likeness (QED) is 0.641. The van der Waals surface area contributed by atoms with Crippen molar-refractivity contribution in [2.75, 3.05) is 37.1 Å². The van der Waals surface area contributed by atoms with E-state index in [9.17, 15) is 16.8 Å². The van der Waals surface area contributed by atoms with Crippen LogP contribution in [0.15, 0.2) is 0 Å². The highest BCUT2D eigenvalue weighted by molar-refractivity contribution is 9.10. The van der Waals surface area contributed by atoms with Gasteiger partial charge in [-0.15, -0.1) is 0 Å². The van der Waals surface area contributed by atoms with Crippen LogP contribution in [-0.4, -0.2) is 62.5 Å². The first-order valence-corrected chi connectivity index (χ1v) is 8.84. The molecule has 0 saturated carbocycles. The van der Waals surface area contributed by atoms with Gasteiger partial charge in [-0.25, -0.2) is 16.8 Å². The summed E-state index contributed by atoms with van der Waals surface area (Å²) in [4.78, 5) is 0. The van der Waals surface area contributed by atoms with Crippen molar-refractivity contribution in [2.45, 2.75) is 0 Å². The summed E-state index contributed by atoms with van der Waals surface area (Å²) in [5.74, 6) is 0. The number of piperazine rings is 1. The molecule has 9 heteroatoms. The van der Waals surface area contributed by atoms with Crippen molar-refractivity contribution in [3.63, 3.8) is 0 Å². The molecule has 0 aromatic rings. The van der Waals surface area contributed by atoms with Gasteiger partial charge in [-0.3, -0.25) is 0 Å². The molecule has 15 heavy (non-hydrogen) atoms. The molecule has 0 bridgehead atoms. The molecule has 0 aromatic carbocycles. The van der Waals surface area contributed by atoms with E-state index in [1.807, 2.05) is 0 Å². The Morgan fingerprint density at radius 2 is 1.40 bits per heavy atom. The van der Waals surface area contributed by atoms with E-state index in [0.717, 1.165) is 6.26 Å². The molecule has 1 fully saturated rings. The molecule has 1 aliphatic heterocycles. The van der Waals surface area contributed by atoms with Gasteiger partial charge in [0.05, 0.1) is 6.26 Å². The zero-order chi connectivity index (χ0) is 11.7. The molecule has 1 aliphatic rings. The minimum Gasteiger partial charge on any atom is -0.213 e. The van der Waals surface area contributed by atoms with Crippen LogP contribution in [0.5, 0.6) is 0 Å². The summed E-state index contributed by atoms with van der Waals surface area (Å²) in [5, 5.41) is 0. The van der Waals surface area contributed by atoms with E-state index < -0.39 is 20.0 Å². The molecule has 0 radical (unpaired) electrons. The Bertz CT molecular complexity index is 410. The van der Waals surface area contributed by atoms with Gasteiger partial charge in [0.25, 0.3) is 0 Å². The predicted molar refractivity (Wildman–Crippen MR) is 60.7 cm³/mol. The summed E-state index contributed by atoms with van der Waals surface area (Å²) in [6.45, 7) is 0.901. The largest absolute Gasteiger partial charge is 0.224 e. The fraction of sp³-hybridized carbons (Fsp3) is 1.00. The number of rotatable bonds is 3. The van der Waals surface area contributed by atoms with Gasteiger partial charge in [0.1, 0.15) is 4.66 Å². The third-order valence-electron chi connectivity index (χ3n) is 2.20.